The molecular formula is C15H21NO. The molecule has 1 aliphatic carbocycles. The molecule has 3 rings (SSSR count). The number of piperidine rings is 1. The number of aromatic hydroxyl groups is 1. The first-order chi connectivity index (χ1) is 8.17. The van der Waals surface area contributed by atoms with Gasteiger partial charge >= 0.3 is 0 Å². The average molecular weight is 231 g/mol. The van der Waals surface area contributed by atoms with Gasteiger partial charge in [0.05, 0.1) is 0 Å². The van der Waals surface area contributed by atoms with Crippen molar-refractivity contribution in [3.63, 3.8) is 0 Å². The highest BCUT2D eigenvalue weighted by molar-refractivity contribution is 5.44. The van der Waals surface area contributed by atoms with Gasteiger partial charge in [0.2, 0.25) is 0 Å². The molecule has 1 heterocycles. The molecule has 2 heteroatoms. The first kappa shape index (κ1) is 11.1. The van der Waals surface area contributed by atoms with Crippen molar-refractivity contribution >= 4 is 0 Å². The SMILES string of the molecule is CC[C@@]12CCN[C@@H](Cc3ccc(O)cc31)[C@@H]2C. The van der Waals surface area contributed by atoms with Crippen LogP contribution in [-0.2, 0) is 11.8 Å². The number of benzene rings is 1. The molecule has 0 spiro atoms. The Kier molecular flexibility index (Phi) is 2.44. The summed E-state index contributed by atoms with van der Waals surface area (Å²) >= 11 is 0. The smallest absolute Gasteiger partial charge is 0.115 e. The van der Waals surface area contributed by atoms with Crippen LogP contribution >= 0.6 is 0 Å². The average Bonchev–Trinajstić information content (AvgIpc) is 2.32. The Morgan fingerprint density at radius 2 is 2.29 bits per heavy atom. The predicted molar refractivity (Wildman–Crippen MR) is 69.4 cm³/mol. The zero-order chi connectivity index (χ0) is 12.0. The monoisotopic (exact) mass is 231 g/mol. The minimum atomic E-state index is 0.280. The van der Waals surface area contributed by atoms with Gasteiger partial charge in [-0.15, -0.1) is 0 Å². The number of phenolic OH excluding ortho intramolecular Hbond substituents is 1. The topological polar surface area (TPSA) is 32.3 Å². The van der Waals surface area contributed by atoms with Crippen LogP contribution in [0.25, 0.3) is 0 Å². The van der Waals surface area contributed by atoms with E-state index in [2.05, 4.69) is 25.2 Å². The number of hydrogen-bond acceptors (Lipinski definition) is 2. The molecule has 2 nitrogen and oxygen atoms in total. The molecule has 2 bridgehead atoms. The largest absolute Gasteiger partial charge is 0.508 e. The molecule has 3 atom stereocenters. The summed E-state index contributed by atoms with van der Waals surface area (Å²) in [5.41, 5.74) is 3.12. The van der Waals surface area contributed by atoms with E-state index in [1.165, 1.54) is 24.0 Å². The van der Waals surface area contributed by atoms with Crippen LogP contribution in [0.3, 0.4) is 0 Å². The predicted octanol–water partition coefficient (Wildman–Crippen LogP) is 2.59. The Morgan fingerprint density at radius 1 is 1.47 bits per heavy atom. The maximum atomic E-state index is 9.77. The van der Waals surface area contributed by atoms with Crippen LogP contribution in [-0.4, -0.2) is 17.7 Å². The highest BCUT2D eigenvalue weighted by Gasteiger charge is 2.47. The summed E-state index contributed by atoms with van der Waals surface area (Å²) in [6, 6.07) is 6.56. The summed E-state index contributed by atoms with van der Waals surface area (Å²) in [6.07, 6.45) is 3.47. The maximum absolute atomic E-state index is 9.77. The van der Waals surface area contributed by atoms with E-state index in [0.29, 0.717) is 17.7 Å². The molecule has 0 unspecified atom stereocenters. The van der Waals surface area contributed by atoms with E-state index in [1.54, 1.807) is 0 Å². The lowest BCUT2D eigenvalue weighted by molar-refractivity contribution is 0.136. The van der Waals surface area contributed by atoms with Gasteiger partial charge < -0.3 is 10.4 Å². The zero-order valence-corrected chi connectivity index (χ0v) is 10.7. The number of hydrogen-bond donors (Lipinski definition) is 2. The van der Waals surface area contributed by atoms with E-state index in [9.17, 15) is 5.11 Å². The molecule has 92 valence electrons. The third kappa shape index (κ3) is 1.43. The van der Waals surface area contributed by atoms with Gasteiger partial charge in [-0.2, -0.15) is 0 Å². The highest BCUT2D eigenvalue weighted by Crippen LogP contribution is 2.49. The van der Waals surface area contributed by atoms with Gasteiger partial charge in [0, 0.05) is 11.5 Å². The lowest BCUT2D eigenvalue weighted by Gasteiger charge is -2.52. The molecule has 1 saturated heterocycles. The lowest BCUT2D eigenvalue weighted by Crippen LogP contribution is -2.57. The summed E-state index contributed by atoms with van der Waals surface area (Å²) < 4.78 is 0. The van der Waals surface area contributed by atoms with Gasteiger partial charge in [0.15, 0.2) is 0 Å². The summed E-state index contributed by atoms with van der Waals surface area (Å²) in [7, 11) is 0. The molecule has 1 aromatic rings. The van der Waals surface area contributed by atoms with Crippen molar-refractivity contribution in [1.29, 1.82) is 0 Å². The molecule has 0 radical (unpaired) electrons. The van der Waals surface area contributed by atoms with Crippen LogP contribution in [0.15, 0.2) is 18.2 Å². The molecule has 17 heavy (non-hydrogen) atoms. The molecule has 0 saturated carbocycles. The second-order valence-corrected chi connectivity index (χ2v) is 5.65. The van der Waals surface area contributed by atoms with E-state index in [-0.39, 0.29) is 5.41 Å². The summed E-state index contributed by atoms with van der Waals surface area (Å²) in [4.78, 5) is 0. The summed E-state index contributed by atoms with van der Waals surface area (Å²) in [6.45, 7) is 5.77. The summed E-state index contributed by atoms with van der Waals surface area (Å²) in [5, 5.41) is 13.4. The molecule has 0 aromatic heterocycles. The van der Waals surface area contributed by atoms with Gasteiger partial charge in [-0.25, -0.2) is 0 Å². The summed E-state index contributed by atoms with van der Waals surface area (Å²) in [5.74, 6) is 1.08. The second-order valence-electron chi connectivity index (χ2n) is 5.65. The quantitative estimate of drug-likeness (QED) is 0.778. The van der Waals surface area contributed by atoms with Crippen molar-refractivity contribution in [3.05, 3.63) is 29.3 Å². The van der Waals surface area contributed by atoms with Gasteiger partial charge in [0.25, 0.3) is 0 Å². The Bertz CT molecular complexity index is 443. The molecule has 1 aromatic carbocycles. The van der Waals surface area contributed by atoms with Crippen LogP contribution < -0.4 is 5.32 Å². The number of phenols is 1. The van der Waals surface area contributed by atoms with E-state index >= 15 is 0 Å². The van der Waals surface area contributed by atoms with E-state index in [1.807, 2.05) is 12.1 Å². The van der Waals surface area contributed by atoms with Crippen molar-refractivity contribution < 1.29 is 5.11 Å². The van der Waals surface area contributed by atoms with Crippen LogP contribution in [0.1, 0.15) is 37.8 Å². The first-order valence-corrected chi connectivity index (χ1v) is 6.73. The minimum Gasteiger partial charge on any atom is -0.508 e. The van der Waals surface area contributed by atoms with Crippen molar-refractivity contribution in [3.8, 4) is 5.75 Å². The molecule has 0 amide bonds. The molecular weight excluding hydrogens is 210 g/mol. The van der Waals surface area contributed by atoms with Gasteiger partial charge in [-0.1, -0.05) is 19.9 Å². The number of nitrogens with one attached hydrogen (secondary N) is 1. The maximum Gasteiger partial charge on any atom is 0.115 e. The zero-order valence-electron chi connectivity index (χ0n) is 10.7. The van der Waals surface area contributed by atoms with Crippen molar-refractivity contribution in [2.45, 2.75) is 44.6 Å². The Balaban J connectivity index is 2.19. The van der Waals surface area contributed by atoms with Gasteiger partial charge in [-0.3, -0.25) is 0 Å². The van der Waals surface area contributed by atoms with E-state index < -0.39 is 0 Å². The van der Waals surface area contributed by atoms with Crippen LogP contribution in [0.5, 0.6) is 5.75 Å². The first-order valence-electron chi connectivity index (χ1n) is 6.73. The Hall–Kier alpha value is -1.02. The molecule has 1 fully saturated rings. The number of rotatable bonds is 1. The fraction of sp³-hybridized carbons (Fsp3) is 0.600. The fourth-order valence-corrected chi connectivity index (χ4v) is 4.03. The Labute approximate surface area is 103 Å². The standard InChI is InChI=1S/C15H21NO/c1-3-15-6-7-16-14(10(15)2)8-11-4-5-12(17)9-13(11)15/h4-5,9-10,14,16-17H,3,6-8H2,1-2H3/t10-,14-,15-/m0/s1. The van der Waals surface area contributed by atoms with Crippen molar-refractivity contribution in [2.24, 2.45) is 5.92 Å². The molecule has 2 N–H and O–H groups in total. The van der Waals surface area contributed by atoms with Crippen molar-refractivity contribution in [1.82, 2.24) is 5.32 Å². The van der Waals surface area contributed by atoms with Crippen LogP contribution in [0.2, 0.25) is 0 Å². The van der Waals surface area contributed by atoms with Crippen molar-refractivity contribution in [2.75, 3.05) is 6.54 Å². The number of fused-ring (bicyclic) bond motifs is 4. The van der Waals surface area contributed by atoms with Crippen LogP contribution in [0, 0.1) is 5.92 Å². The van der Waals surface area contributed by atoms with Gasteiger partial charge in [0.1, 0.15) is 5.75 Å². The third-order valence-electron chi connectivity index (χ3n) is 5.15. The molecule has 2 aliphatic rings. The second kappa shape index (κ2) is 3.74. The third-order valence-corrected chi connectivity index (χ3v) is 5.15. The molecule has 1 aliphatic heterocycles. The highest BCUT2D eigenvalue weighted by atomic mass is 16.3. The van der Waals surface area contributed by atoms with E-state index in [4.69, 9.17) is 0 Å². The van der Waals surface area contributed by atoms with Gasteiger partial charge in [-0.05, 0) is 55.0 Å². The Morgan fingerprint density at radius 3 is 3.06 bits per heavy atom. The minimum absolute atomic E-state index is 0.280. The normalized spacial score (nSPS) is 35.4. The van der Waals surface area contributed by atoms with Crippen LogP contribution in [0.4, 0.5) is 0 Å². The van der Waals surface area contributed by atoms with E-state index in [0.717, 1.165) is 13.0 Å². The lowest BCUT2D eigenvalue weighted by atomic mass is 9.57. The fourth-order valence-electron chi connectivity index (χ4n) is 4.03.